The third-order valence-electron chi connectivity index (χ3n) is 8.44. The third kappa shape index (κ3) is 7.70. The Morgan fingerprint density at radius 3 is 2.26 bits per heavy atom. The maximum atomic E-state index is 14.2. The van der Waals surface area contributed by atoms with Crippen molar-refractivity contribution in [3.05, 3.63) is 116 Å². The van der Waals surface area contributed by atoms with E-state index in [-0.39, 0.29) is 69.2 Å². The van der Waals surface area contributed by atoms with Crippen LogP contribution in [-0.2, 0) is 19.3 Å². The molecule has 1 fully saturated rings. The van der Waals surface area contributed by atoms with E-state index in [0.717, 1.165) is 83.7 Å². The zero-order valence-corrected chi connectivity index (χ0v) is 25.7. The molecule has 0 spiro atoms. The first-order valence-electron chi connectivity index (χ1n) is 15.8. The third-order valence-corrected chi connectivity index (χ3v) is 8.44. The van der Waals surface area contributed by atoms with Crippen molar-refractivity contribution in [3.8, 4) is 34.0 Å². The summed E-state index contributed by atoms with van der Waals surface area (Å²) in [6.45, 7) is 4.12. The number of ether oxygens (including phenoxy) is 1. The van der Waals surface area contributed by atoms with Crippen LogP contribution in [0.1, 0.15) is 68.6 Å². The average Bonchev–Trinajstić information content (AvgIpc) is 3.50. The van der Waals surface area contributed by atoms with Crippen LogP contribution in [-0.4, -0.2) is 88.4 Å². The molecule has 0 bridgehead atoms. The van der Waals surface area contributed by atoms with Crippen molar-refractivity contribution in [2.24, 2.45) is 0 Å². The monoisotopic (exact) mass is 646 g/mol. The van der Waals surface area contributed by atoms with Gasteiger partial charge in [-0.15, -0.1) is 0 Å². The quantitative estimate of drug-likeness (QED) is 0.195. The van der Waals surface area contributed by atoms with Gasteiger partial charge < -0.3 is 9.84 Å². The van der Waals surface area contributed by atoms with E-state index < -0.39 is 5.76 Å². The molecule has 2 aromatic heterocycles. The summed E-state index contributed by atoms with van der Waals surface area (Å²) in [4.78, 5) is 33.4. The van der Waals surface area contributed by atoms with Gasteiger partial charge in [-0.1, -0.05) is 74.0 Å². The van der Waals surface area contributed by atoms with Crippen LogP contribution in [0.3, 0.4) is 0 Å². The molecule has 0 amide bonds. The Bertz CT molecular complexity index is 1870. The van der Waals surface area contributed by atoms with Crippen LogP contribution in [0.5, 0.6) is 5.75 Å². The van der Waals surface area contributed by atoms with Crippen LogP contribution in [0.4, 0.5) is 0 Å². The van der Waals surface area contributed by atoms with Crippen molar-refractivity contribution >= 4 is 51.4 Å². The Morgan fingerprint density at radius 2 is 1.63 bits per heavy atom. The minimum atomic E-state index is -0.600. The number of aromatic amines is 1. The number of aryl methyl sites for hydroxylation is 2. The number of hydrogen-bond donors (Lipinski definition) is 2. The number of aliphatic hydroxyl groups is 1. The van der Waals surface area contributed by atoms with Crippen LogP contribution in [0.15, 0.2) is 86.9 Å². The van der Waals surface area contributed by atoms with E-state index in [2.05, 4.69) is 17.1 Å². The molecule has 0 atom stereocenters. The molecule has 1 aliphatic rings. The fraction of sp³-hybridized carbons (Fsp3) is 0.333. The van der Waals surface area contributed by atoms with Crippen LogP contribution in [0, 0.1) is 0 Å². The van der Waals surface area contributed by atoms with Gasteiger partial charge in [-0.3, -0.25) is 18.9 Å². The van der Waals surface area contributed by atoms with Gasteiger partial charge in [0.15, 0.2) is 5.82 Å². The summed E-state index contributed by atoms with van der Waals surface area (Å²) in [5.41, 5.74) is 5.88. The topological polar surface area (TPSA) is 123 Å². The molecule has 2 N–H and O–H groups in total. The van der Waals surface area contributed by atoms with E-state index in [9.17, 15) is 14.7 Å². The van der Waals surface area contributed by atoms with Crippen LogP contribution >= 0.6 is 0 Å². The van der Waals surface area contributed by atoms with Crippen LogP contribution < -0.4 is 16.1 Å². The van der Waals surface area contributed by atoms with E-state index in [1.165, 1.54) is 0 Å². The number of rotatable bonds is 10. The molecular weight excluding hydrogens is 608 g/mol. The van der Waals surface area contributed by atoms with Crippen molar-refractivity contribution in [1.82, 2.24) is 19.7 Å². The predicted octanol–water partition coefficient (Wildman–Crippen LogP) is 5.38. The summed E-state index contributed by atoms with van der Waals surface area (Å²) in [5, 5.41) is 13.7. The Kier molecular flexibility index (Phi) is 11.6. The predicted molar refractivity (Wildman–Crippen MR) is 180 cm³/mol. The second-order valence-electron chi connectivity index (χ2n) is 11.6. The fourth-order valence-corrected chi connectivity index (χ4v) is 6.10. The Hall–Kier alpha value is -3.12. The van der Waals surface area contributed by atoms with Gasteiger partial charge in [-0.05, 0) is 73.1 Å². The summed E-state index contributed by atoms with van der Waals surface area (Å²) in [6, 6.07) is 23.4. The number of nitrogens with zero attached hydrogens (tertiary/aromatic N) is 3. The molecule has 46 heavy (non-hydrogen) atoms. The number of benzene rings is 3. The first-order chi connectivity index (χ1) is 21.9. The van der Waals surface area contributed by atoms with Crippen molar-refractivity contribution < 1.29 is 14.4 Å². The molecule has 234 valence electrons. The number of hydrogen-bond acceptors (Lipinski definition) is 7. The second kappa shape index (κ2) is 15.6. The Morgan fingerprint density at radius 1 is 0.935 bits per heavy atom. The van der Waals surface area contributed by atoms with Crippen molar-refractivity contribution in [1.29, 1.82) is 0 Å². The van der Waals surface area contributed by atoms with Gasteiger partial charge in [0.25, 0.3) is 5.56 Å². The molecule has 0 saturated heterocycles. The molecular formula is C36H39KN4O5. The summed E-state index contributed by atoms with van der Waals surface area (Å²) < 4.78 is 12.6. The molecule has 1 aliphatic carbocycles. The average molecular weight is 647 g/mol. The Labute approximate surface area is 310 Å². The molecule has 2 heterocycles. The van der Waals surface area contributed by atoms with E-state index in [1.54, 1.807) is 4.57 Å². The van der Waals surface area contributed by atoms with Gasteiger partial charge in [0, 0.05) is 24.0 Å². The van der Waals surface area contributed by atoms with Crippen molar-refractivity contribution in [2.45, 2.75) is 77.4 Å². The zero-order valence-electron chi connectivity index (χ0n) is 25.7. The fourth-order valence-electron chi connectivity index (χ4n) is 6.10. The molecule has 1 saturated carbocycles. The number of nitrogens with one attached hydrogen (secondary N) is 1. The zero-order chi connectivity index (χ0) is 31.3. The van der Waals surface area contributed by atoms with E-state index in [0.29, 0.717) is 24.2 Å². The SMILES string of the molecule is CCCc1nc(CC)n(-c2ccc(O[C@H]3CC[C@H](O)CC3)cc2)c(=O)c1Cc1ccc(-c2ccccc2-c2noc(=O)[nH]2)cc1.[KH]. The molecule has 10 heteroatoms. The molecule has 0 aliphatic heterocycles. The first-order valence-corrected chi connectivity index (χ1v) is 15.8. The number of aliphatic hydroxyl groups excluding tert-OH is 1. The van der Waals surface area contributed by atoms with Gasteiger partial charge >= 0.3 is 57.1 Å². The van der Waals surface area contributed by atoms with Crippen LogP contribution in [0.2, 0.25) is 0 Å². The Balaban J connectivity index is 0.00000417. The molecule has 5 aromatic rings. The minimum absolute atomic E-state index is 0. The number of H-pyrrole nitrogens is 1. The first kappa shape index (κ1) is 34.2. The standard InChI is InChI=1S/C36H38N4O5.K.H/c1-3-7-32-31(22-23-10-12-24(13-11-23)29-8-5-6-9-30(29)34-38-36(43)45-39-34)35(42)40(33(4-2)37-32)25-14-18-27(19-15-25)44-28-20-16-26(41)17-21-28;;/h5-6,8-15,18-19,26,28,41H,3-4,7,16-17,20-22H2,1-2H3,(H,38,39,43);;/t26-,28-;;. The van der Waals surface area contributed by atoms with Gasteiger partial charge in [0.1, 0.15) is 11.6 Å². The van der Waals surface area contributed by atoms with Gasteiger partial charge in [-0.2, -0.15) is 0 Å². The molecule has 6 rings (SSSR count). The number of aromatic nitrogens is 4. The summed E-state index contributed by atoms with van der Waals surface area (Å²) in [5.74, 6) is 1.27. The summed E-state index contributed by atoms with van der Waals surface area (Å²) >= 11 is 0. The van der Waals surface area contributed by atoms with Gasteiger partial charge in [0.05, 0.1) is 23.6 Å². The van der Waals surface area contributed by atoms with E-state index in [1.807, 2.05) is 79.7 Å². The summed E-state index contributed by atoms with van der Waals surface area (Å²) in [7, 11) is 0. The van der Waals surface area contributed by atoms with E-state index >= 15 is 0 Å². The van der Waals surface area contributed by atoms with Crippen LogP contribution in [0.25, 0.3) is 28.2 Å². The molecule has 9 nitrogen and oxygen atoms in total. The second-order valence-corrected chi connectivity index (χ2v) is 11.6. The van der Waals surface area contributed by atoms with Crippen molar-refractivity contribution in [3.63, 3.8) is 0 Å². The molecule has 0 radical (unpaired) electrons. The van der Waals surface area contributed by atoms with Gasteiger partial charge in [0.2, 0.25) is 0 Å². The van der Waals surface area contributed by atoms with Gasteiger partial charge in [-0.25, -0.2) is 9.78 Å². The van der Waals surface area contributed by atoms with E-state index in [4.69, 9.17) is 14.2 Å². The maximum absolute atomic E-state index is 14.2. The molecule has 3 aromatic carbocycles. The summed E-state index contributed by atoms with van der Waals surface area (Å²) in [6.07, 6.45) is 5.76. The normalized spacial score (nSPS) is 16.2. The van der Waals surface area contributed by atoms with Crippen molar-refractivity contribution in [2.75, 3.05) is 0 Å². The molecule has 0 unspecified atom stereocenters.